The van der Waals surface area contributed by atoms with Crippen molar-refractivity contribution in [1.29, 1.82) is 0 Å². The summed E-state index contributed by atoms with van der Waals surface area (Å²) in [6, 6.07) is 7.39. The van der Waals surface area contributed by atoms with Crippen molar-refractivity contribution in [3.05, 3.63) is 29.8 Å². The average Bonchev–Trinajstić information content (AvgIpc) is 2.90. The van der Waals surface area contributed by atoms with E-state index in [2.05, 4.69) is 0 Å². The molecule has 0 radical (unpaired) electrons. The number of amides is 1. The number of rotatable bonds is 3. The largest absolute Gasteiger partial charge is 0.492 e. The van der Waals surface area contributed by atoms with E-state index in [1.54, 1.807) is 4.90 Å². The van der Waals surface area contributed by atoms with Crippen LogP contribution in [0.2, 0.25) is 0 Å². The summed E-state index contributed by atoms with van der Waals surface area (Å²) in [5.74, 6) is -0.369. The van der Waals surface area contributed by atoms with Crippen LogP contribution < -0.4 is 4.74 Å². The lowest BCUT2D eigenvalue weighted by molar-refractivity contribution is -0.142. The minimum Gasteiger partial charge on any atom is -0.492 e. The van der Waals surface area contributed by atoms with Crippen molar-refractivity contribution < 1.29 is 19.4 Å². The first-order valence-corrected chi connectivity index (χ1v) is 7.41. The number of benzene rings is 1. The van der Waals surface area contributed by atoms with Crippen molar-refractivity contribution in [2.75, 3.05) is 13.2 Å². The van der Waals surface area contributed by atoms with Gasteiger partial charge in [0.2, 0.25) is 5.91 Å². The maximum absolute atomic E-state index is 12.8. The van der Waals surface area contributed by atoms with E-state index in [9.17, 15) is 9.59 Å². The maximum Gasteiger partial charge on any atom is 0.305 e. The summed E-state index contributed by atoms with van der Waals surface area (Å²) in [5.41, 5.74) is 0.919. The van der Waals surface area contributed by atoms with Crippen LogP contribution in [0.15, 0.2) is 24.3 Å². The molecule has 0 saturated carbocycles. The fraction of sp³-hybridized carbons (Fsp3) is 0.500. The van der Waals surface area contributed by atoms with Crippen LogP contribution in [-0.2, 0) is 9.59 Å². The average molecular weight is 289 g/mol. The number of carbonyl (C=O) groups excluding carboxylic acids is 1. The second-order valence-corrected chi connectivity index (χ2v) is 5.68. The van der Waals surface area contributed by atoms with Crippen molar-refractivity contribution >= 4 is 11.9 Å². The molecule has 2 aliphatic heterocycles. The van der Waals surface area contributed by atoms with E-state index < -0.39 is 5.97 Å². The molecule has 0 aromatic heterocycles. The zero-order valence-corrected chi connectivity index (χ0v) is 11.8. The topological polar surface area (TPSA) is 66.8 Å². The third-order valence-corrected chi connectivity index (χ3v) is 4.32. The first kappa shape index (κ1) is 13.9. The normalized spacial score (nSPS) is 24.3. The summed E-state index contributed by atoms with van der Waals surface area (Å²) in [6.07, 6.45) is 2.73. The Labute approximate surface area is 123 Å². The fourth-order valence-electron chi connectivity index (χ4n) is 3.27. The van der Waals surface area contributed by atoms with Gasteiger partial charge in [-0.15, -0.1) is 0 Å². The van der Waals surface area contributed by atoms with Gasteiger partial charge >= 0.3 is 5.97 Å². The number of nitrogens with zero attached hydrogens (tertiary/aromatic N) is 1. The van der Waals surface area contributed by atoms with Crippen molar-refractivity contribution in [3.63, 3.8) is 0 Å². The minimum atomic E-state index is -0.845. The van der Waals surface area contributed by atoms with Gasteiger partial charge in [-0.1, -0.05) is 18.2 Å². The Hall–Kier alpha value is -2.04. The Kier molecular flexibility index (Phi) is 3.82. The Morgan fingerprint density at radius 2 is 2.10 bits per heavy atom. The van der Waals surface area contributed by atoms with Gasteiger partial charge in [-0.3, -0.25) is 9.59 Å². The molecule has 2 aliphatic rings. The lowest BCUT2D eigenvalue weighted by Gasteiger charge is -2.36. The maximum atomic E-state index is 12.8. The predicted molar refractivity (Wildman–Crippen MR) is 76.3 cm³/mol. The predicted octanol–water partition coefficient (Wildman–Crippen LogP) is 2.02. The first-order chi connectivity index (χ1) is 10.2. The number of carboxylic acids is 1. The van der Waals surface area contributed by atoms with Crippen LogP contribution in [0.1, 0.15) is 37.2 Å². The van der Waals surface area contributed by atoms with Crippen LogP contribution in [0.5, 0.6) is 5.75 Å². The quantitative estimate of drug-likeness (QED) is 0.924. The van der Waals surface area contributed by atoms with Crippen LogP contribution in [0.25, 0.3) is 0 Å². The molecule has 1 aromatic carbocycles. The van der Waals surface area contributed by atoms with Crippen LogP contribution in [0, 0.1) is 0 Å². The lowest BCUT2D eigenvalue weighted by atomic mass is 9.94. The van der Waals surface area contributed by atoms with E-state index >= 15 is 0 Å². The van der Waals surface area contributed by atoms with Gasteiger partial charge in [0, 0.05) is 18.2 Å². The number of carbonyl (C=O) groups is 2. The Morgan fingerprint density at radius 1 is 1.29 bits per heavy atom. The molecule has 2 unspecified atom stereocenters. The molecule has 2 atom stereocenters. The molecule has 3 rings (SSSR count). The summed E-state index contributed by atoms with van der Waals surface area (Å²) in [7, 11) is 0. The van der Waals surface area contributed by atoms with E-state index in [-0.39, 0.29) is 24.3 Å². The highest BCUT2D eigenvalue weighted by Crippen LogP contribution is 2.36. The SMILES string of the molecule is O=C(O)CC1CCCCN1C(=O)C1COc2ccccc21. The molecule has 2 heterocycles. The second-order valence-electron chi connectivity index (χ2n) is 5.68. The van der Waals surface area contributed by atoms with Crippen LogP contribution in [-0.4, -0.2) is 41.1 Å². The number of fused-ring (bicyclic) bond motifs is 1. The monoisotopic (exact) mass is 289 g/mol. The van der Waals surface area contributed by atoms with Crippen molar-refractivity contribution in [2.45, 2.75) is 37.6 Å². The molecule has 112 valence electrons. The van der Waals surface area contributed by atoms with Gasteiger partial charge in [0.15, 0.2) is 0 Å². The molecular weight excluding hydrogens is 270 g/mol. The highest BCUT2D eigenvalue weighted by molar-refractivity contribution is 5.86. The van der Waals surface area contributed by atoms with Crippen LogP contribution in [0.4, 0.5) is 0 Å². The number of hydrogen-bond acceptors (Lipinski definition) is 3. The first-order valence-electron chi connectivity index (χ1n) is 7.41. The Morgan fingerprint density at radius 3 is 2.90 bits per heavy atom. The molecular formula is C16H19NO4. The van der Waals surface area contributed by atoms with Gasteiger partial charge in [-0.2, -0.15) is 0 Å². The van der Waals surface area contributed by atoms with Crippen LogP contribution >= 0.6 is 0 Å². The molecule has 0 aliphatic carbocycles. The number of carboxylic acid groups (broad SMARTS) is 1. The minimum absolute atomic E-state index is 0.00546. The van der Waals surface area contributed by atoms with Crippen molar-refractivity contribution in [3.8, 4) is 5.75 Å². The third-order valence-electron chi connectivity index (χ3n) is 4.32. The Balaban J connectivity index is 1.79. The summed E-state index contributed by atoms with van der Waals surface area (Å²) in [6.45, 7) is 1.00. The number of para-hydroxylation sites is 1. The van der Waals surface area contributed by atoms with E-state index in [4.69, 9.17) is 9.84 Å². The molecule has 1 amide bonds. The lowest BCUT2D eigenvalue weighted by Crippen LogP contribution is -2.47. The van der Waals surface area contributed by atoms with E-state index in [1.807, 2.05) is 24.3 Å². The molecule has 0 spiro atoms. The zero-order chi connectivity index (χ0) is 14.8. The Bertz CT molecular complexity index is 557. The highest BCUT2D eigenvalue weighted by Gasteiger charge is 2.37. The number of likely N-dealkylation sites (tertiary alicyclic amines) is 1. The van der Waals surface area contributed by atoms with E-state index in [0.717, 1.165) is 30.6 Å². The summed E-state index contributed by atoms with van der Waals surface area (Å²) < 4.78 is 5.58. The molecule has 1 saturated heterocycles. The third kappa shape index (κ3) is 2.73. The summed E-state index contributed by atoms with van der Waals surface area (Å²) >= 11 is 0. The van der Waals surface area contributed by atoms with E-state index in [0.29, 0.717) is 13.2 Å². The van der Waals surface area contributed by atoms with E-state index in [1.165, 1.54) is 0 Å². The number of hydrogen-bond donors (Lipinski definition) is 1. The zero-order valence-electron chi connectivity index (χ0n) is 11.8. The van der Waals surface area contributed by atoms with Gasteiger partial charge < -0.3 is 14.7 Å². The fourth-order valence-corrected chi connectivity index (χ4v) is 3.27. The molecule has 5 nitrogen and oxygen atoms in total. The van der Waals surface area contributed by atoms with Gasteiger partial charge in [0.05, 0.1) is 6.42 Å². The number of ether oxygens (including phenoxy) is 1. The van der Waals surface area contributed by atoms with Gasteiger partial charge in [0.25, 0.3) is 0 Å². The van der Waals surface area contributed by atoms with Crippen LogP contribution in [0.3, 0.4) is 0 Å². The number of piperidine rings is 1. The van der Waals surface area contributed by atoms with Crippen molar-refractivity contribution in [2.24, 2.45) is 0 Å². The summed E-state index contributed by atoms with van der Waals surface area (Å²) in [5, 5.41) is 9.03. The molecule has 21 heavy (non-hydrogen) atoms. The second kappa shape index (κ2) is 5.76. The highest BCUT2D eigenvalue weighted by atomic mass is 16.5. The molecule has 1 fully saturated rings. The van der Waals surface area contributed by atoms with Gasteiger partial charge in [-0.05, 0) is 25.3 Å². The number of aliphatic carboxylic acids is 1. The van der Waals surface area contributed by atoms with Gasteiger partial charge in [-0.25, -0.2) is 0 Å². The molecule has 1 aromatic rings. The smallest absolute Gasteiger partial charge is 0.305 e. The molecule has 5 heteroatoms. The summed E-state index contributed by atoms with van der Waals surface area (Å²) in [4.78, 5) is 25.6. The molecule has 1 N–H and O–H groups in total. The molecule has 0 bridgehead atoms. The standard InChI is InChI=1S/C16H19NO4/c18-15(19)9-11-5-3-4-8-17(11)16(20)13-10-21-14-7-2-1-6-12(13)14/h1-2,6-7,11,13H,3-5,8-10H2,(H,18,19). The van der Waals surface area contributed by atoms with Crippen molar-refractivity contribution in [1.82, 2.24) is 4.90 Å². The van der Waals surface area contributed by atoms with Gasteiger partial charge in [0.1, 0.15) is 18.3 Å².